The minimum absolute atomic E-state index is 0.0808. The fraction of sp³-hybridized carbons (Fsp3) is 0.389. The highest BCUT2D eigenvalue weighted by molar-refractivity contribution is 5.81. The second-order valence-corrected chi connectivity index (χ2v) is 6.34. The molecule has 1 aliphatic rings. The molecule has 1 saturated heterocycles. The molecule has 0 aliphatic carbocycles. The van der Waals surface area contributed by atoms with E-state index in [9.17, 15) is 19.1 Å². The lowest BCUT2D eigenvalue weighted by Gasteiger charge is -2.39. The summed E-state index contributed by atoms with van der Waals surface area (Å²) in [6.45, 7) is 0.339. The van der Waals surface area contributed by atoms with Crippen LogP contribution in [0.15, 0.2) is 36.7 Å². The number of likely N-dealkylation sites (tertiary alicyclic amines) is 1. The van der Waals surface area contributed by atoms with Gasteiger partial charge in [-0.3, -0.25) is 14.3 Å². The molecule has 3 rings (SSSR count). The van der Waals surface area contributed by atoms with Crippen molar-refractivity contribution in [3.8, 4) is 0 Å². The van der Waals surface area contributed by atoms with E-state index in [1.165, 1.54) is 12.1 Å². The molecule has 1 fully saturated rings. The number of hydrogen-bond acceptors (Lipinski definition) is 3. The number of aryl methyl sites for hydroxylation is 1. The topological polar surface area (TPSA) is 75.4 Å². The SMILES string of the molecule is Cn1cc(C2C(C(=O)O)CCC(=O)N2CCc2cccc(F)c2)cn1. The van der Waals surface area contributed by atoms with Crippen LogP contribution in [0.5, 0.6) is 0 Å². The highest BCUT2D eigenvalue weighted by Crippen LogP contribution is 2.36. The highest BCUT2D eigenvalue weighted by Gasteiger charge is 2.41. The first-order valence-electron chi connectivity index (χ1n) is 8.21. The first-order chi connectivity index (χ1) is 12.0. The quantitative estimate of drug-likeness (QED) is 0.901. The molecule has 2 unspecified atom stereocenters. The fourth-order valence-corrected chi connectivity index (χ4v) is 3.42. The maximum absolute atomic E-state index is 13.4. The van der Waals surface area contributed by atoms with Gasteiger partial charge in [0, 0.05) is 31.8 Å². The van der Waals surface area contributed by atoms with Crippen LogP contribution in [0.3, 0.4) is 0 Å². The van der Waals surface area contributed by atoms with E-state index in [2.05, 4.69) is 5.10 Å². The van der Waals surface area contributed by atoms with Crippen molar-refractivity contribution in [2.45, 2.75) is 25.3 Å². The number of amides is 1. The summed E-state index contributed by atoms with van der Waals surface area (Å²) >= 11 is 0. The number of carboxylic acid groups (broad SMARTS) is 1. The standard InChI is InChI=1S/C18H20FN3O3/c1-21-11-13(10-20-21)17-15(18(24)25)5-6-16(23)22(17)8-7-12-3-2-4-14(19)9-12/h2-4,9-11,15,17H,5-8H2,1H3,(H,24,25). The van der Waals surface area contributed by atoms with Gasteiger partial charge in [-0.15, -0.1) is 0 Å². The van der Waals surface area contributed by atoms with E-state index in [0.717, 1.165) is 5.56 Å². The normalized spacial score (nSPS) is 20.7. The molecule has 132 valence electrons. The van der Waals surface area contributed by atoms with Crippen LogP contribution in [0.25, 0.3) is 0 Å². The van der Waals surface area contributed by atoms with Gasteiger partial charge in [-0.05, 0) is 30.5 Å². The van der Waals surface area contributed by atoms with E-state index in [-0.39, 0.29) is 18.1 Å². The van der Waals surface area contributed by atoms with E-state index in [1.54, 1.807) is 41.2 Å². The summed E-state index contributed by atoms with van der Waals surface area (Å²) in [6.07, 6.45) is 4.33. The first-order valence-corrected chi connectivity index (χ1v) is 8.21. The Morgan fingerprint density at radius 3 is 2.88 bits per heavy atom. The largest absolute Gasteiger partial charge is 0.481 e. The van der Waals surface area contributed by atoms with Gasteiger partial charge in [0.05, 0.1) is 18.2 Å². The minimum atomic E-state index is -0.919. The molecule has 1 N–H and O–H groups in total. The molecule has 1 amide bonds. The Morgan fingerprint density at radius 2 is 2.24 bits per heavy atom. The second-order valence-electron chi connectivity index (χ2n) is 6.34. The van der Waals surface area contributed by atoms with Crippen molar-refractivity contribution >= 4 is 11.9 Å². The second kappa shape index (κ2) is 7.04. The van der Waals surface area contributed by atoms with Crippen molar-refractivity contribution in [3.05, 3.63) is 53.6 Å². The number of nitrogens with zero attached hydrogens (tertiary/aromatic N) is 3. The van der Waals surface area contributed by atoms with E-state index in [0.29, 0.717) is 24.9 Å². The summed E-state index contributed by atoms with van der Waals surface area (Å²) in [6, 6.07) is 5.67. The number of aromatic nitrogens is 2. The summed E-state index contributed by atoms with van der Waals surface area (Å²) in [5.41, 5.74) is 1.48. The maximum Gasteiger partial charge on any atom is 0.308 e. The zero-order valence-electron chi connectivity index (χ0n) is 13.9. The third kappa shape index (κ3) is 3.70. The van der Waals surface area contributed by atoms with Gasteiger partial charge in [-0.25, -0.2) is 4.39 Å². The van der Waals surface area contributed by atoms with Crippen LogP contribution in [-0.4, -0.2) is 38.2 Å². The van der Waals surface area contributed by atoms with Crippen LogP contribution in [-0.2, 0) is 23.1 Å². The van der Waals surface area contributed by atoms with Gasteiger partial charge in [0.2, 0.25) is 5.91 Å². The van der Waals surface area contributed by atoms with Gasteiger partial charge in [0.1, 0.15) is 5.82 Å². The Kier molecular flexibility index (Phi) is 4.83. The number of carbonyl (C=O) groups excluding carboxylic acids is 1. The zero-order chi connectivity index (χ0) is 18.0. The molecule has 0 radical (unpaired) electrons. The van der Waals surface area contributed by atoms with Crippen LogP contribution in [0.4, 0.5) is 4.39 Å². The molecule has 0 bridgehead atoms. The number of piperidine rings is 1. The van der Waals surface area contributed by atoms with Crippen LogP contribution < -0.4 is 0 Å². The minimum Gasteiger partial charge on any atom is -0.481 e. The molecule has 0 spiro atoms. The molecule has 6 nitrogen and oxygen atoms in total. The Morgan fingerprint density at radius 1 is 1.44 bits per heavy atom. The monoisotopic (exact) mass is 345 g/mol. The van der Waals surface area contributed by atoms with Crippen molar-refractivity contribution in [2.24, 2.45) is 13.0 Å². The van der Waals surface area contributed by atoms with Gasteiger partial charge in [-0.2, -0.15) is 5.10 Å². The van der Waals surface area contributed by atoms with E-state index in [1.807, 2.05) is 0 Å². The van der Waals surface area contributed by atoms with Crippen molar-refractivity contribution in [1.29, 1.82) is 0 Å². The van der Waals surface area contributed by atoms with Gasteiger partial charge in [0.15, 0.2) is 0 Å². The fourth-order valence-electron chi connectivity index (χ4n) is 3.42. The third-order valence-electron chi connectivity index (χ3n) is 4.62. The van der Waals surface area contributed by atoms with Crippen molar-refractivity contribution in [3.63, 3.8) is 0 Å². The third-order valence-corrected chi connectivity index (χ3v) is 4.62. The number of carbonyl (C=O) groups is 2. The average Bonchev–Trinajstić information content (AvgIpc) is 2.99. The Balaban J connectivity index is 1.86. The number of hydrogen-bond donors (Lipinski definition) is 1. The predicted octanol–water partition coefficient (Wildman–Crippen LogP) is 2.17. The number of benzene rings is 1. The van der Waals surface area contributed by atoms with Crippen LogP contribution in [0, 0.1) is 11.7 Å². The van der Waals surface area contributed by atoms with Crippen LogP contribution in [0.2, 0.25) is 0 Å². The van der Waals surface area contributed by atoms with Gasteiger partial charge in [-0.1, -0.05) is 12.1 Å². The average molecular weight is 345 g/mol. The summed E-state index contributed by atoms with van der Waals surface area (Å²) in [5, 5.41) is 13.7. The molecule has 1 aromatic carbocycles. The molecule has 2 heterocycles. The van der Waals surface area contributed by atoms with Crippen molar-refractivity contribution in [1.82, 2.24) is 14.7 Å². The molecule has 25 heavy (non-hydrogen) atoms. The van der Waals surface area contributed by atoms with Crippen LogP contribution in [0.1, 0.15) is 30.0 Å². The lowest BCUT2D eigenvalue weighted by molar-refractivity contribution is -0.152. The van der Waals surface area contributed by atoms with Crippen molar-refractivity contribution < 1.29 is 19.1 Å². The summed E-state index contributed by atoms with van der Waals surface area (Å²) in [4.78, 5) is 25.8. The number of aliphatic carboxylic acids is 1. The zero-order valence-corrected chi connectivity index (χ0v) is 13.9. The molecular formula is C18H20FN3O3. The molecule has 1 aromatic heterocycles. The smallest absolute Gasteiger partial charge is 0.308 e. The van der Waals surface area contributed by atoms with Gasteiger partial charge >= 0.3 is 5.97 Å². The van der Waals surface area contributed by atoms with E-state index < -0.39 is 17.9 Å². The Hall–Kier alpha value is -2.70. The molecular weight excluding hydrogens is 325 g/mol. The summed E-state index contributed by atoms with van der Waals surface area (Å²) < 4.78 is 14.9. The van der Waals surface area contributed by atoms with Crippen molar-refractivity contribution in [2.75, 3.05) is 6.54 Å². The number of halogens is 1. The lowest BCUT2D eigenvalue weighted by Crippen LogP contribution is -2.46. The lowest BCUT2D eigenvalue weighted by atomic mass is 9.85. The first kappa shape index (κ1) is 17.1. The number of carboxylic acids is 1. The molecule has 2 aromatic rings. The van der Waals surface area contributed by atoms with Gasteiger partial charge in [0.25, 0.3) is 0 Å². The van der Waals surface area contributed by atoms with E-state index >= 15 is 0 Å². The van der Waals surface area contributed by atoms with Gasteiger partial charge < -0.3 is 10.0 Å². The summed E-state index contributed by atoms with van der Waals surface area (Å²) in [5.74, 6) is -2.00. The highest BCUT2D eigenvalue weighted by atomic mass is 19.1. The van der Waals surface area contributed by atoms with Crippen LogP contribution >= 0.6 is 0 Å². The Bertz CT molecular complexity index is 789. The van der Waals surface area contributed by atoms with E-state index in [4.69, 9.17) is 0 Å². The Labute approximate surface area is 144 Å². The molecule has 1 aliphatic heterocycles. The predicted molar refractivity (Wildman–Crippen MR) is 88.1 cm³/mol. The summed E-state index contributed by atoms with van der Waals surface area (Å²) in [7, 11) is 1.75. The molecule has 2 atom stereocenters. The molecule has 7 heteroatoms. The maximum atomic E-state index is 13.4. The number of rotatable bonds is 5. The molecule has 0 saturated carbocycles.